The SMILES string of the molecule is Clc1nc(Nc2cccc3cnccc23)c2cn[nH]c2n1. The van der Waals surface area contributed by atoms with Crippen molar-refractivity contribution >= 4 is 44.9 Å². The molecule has 0 amide bonds. The molecule has 102 valence electrons. The van der Waals surface area contributed by atoms with Crippen LogP contribution >= 0.6 is 11.6 Å². The number of hydrogen-bond donors (Lipinski definition) is 2. The highest BCUT2D eigenvalue weighted by Crippen LogP contribution is 2.28. The van der Waals surface area contributed by atoms with Crippen LogP contribution in [0, 0.1) is 0 Å². The van der Waals surface area contributed by atoms with Gasteiger partial charge in [0, 0.05) is 28.9 Å². The third kappa shape index (κ3) is 2.05. The summed E-state index contributed by atoms with van der Waals surface area (Å²) in [5, 5.41) is 13.1. The molecule has 2 N–H and O–H groups in total. The van der Waals surface area contributed by atoms with Gasteiger partial charge in [-0.3, -0.25) is 10.1 Å². The number of pyridine rings is 1. The predicted molar refractivity (Wildman–Crippen MR) is 81.7 cm³/mol. The van der Waals surface area contributed by atoms with Gasteiger partial charge in [0.05, 0.1) is 11.6 Å². The van der Waals surface area contributed by atoms with Crippen molar-refractivity contribution in [2.45, 2.75) is 0 Å². The molecule has 0 saturated heterocycles. The van der Waals surface area contributed by atoms with Gasteiger partial charge in [0.15, 0.2) is 5.65 Å². The first-order valence-electron chi connectivity index (χ1n) is 6.27. The molecule has 0 aliphatic heterocycles. The zero-order valence-corrected chi connectivity index (χ0v) is 11.5. The second-order valence-corrected chi connectivity index (χ2v) is 4.84. The second-order valence-electron chi connectivity index (χ2n) is 4.50. The lowest BCUT2D eigenvalue weighted by molar-refractivity contribution is 1.09. The minimum absolute atomic E-state index is 0.163. The molecule has 0 atom stereocenters. The van der Waals surface area contributed by atoms with E-state index >= 15 is 0 Å². The highest BCUT2D eigenvalue weighted by molar-refractivity contribution is 6.28. The fourth-order valence-corrected chi connectivity index (χ4v) is 2.43. The molecule has 21 heavy (non-hydrogen) atoms. The van der Waals surface area contributed by atoms with Crippen molar-refractivity contribution in [3.8, 4) is 0 Å². The molecular formula is C14H9ClN6. The first kappa shape index (κ1) is 12.0. The molecule has 0 aliphatic carbocycles. The van der Waals surface area contributed by atoms with Crippen LogP contribution in [0.2, 0.25) is 5.28 Å². The summed E-state index contributed by atoms with van der Waals surface area (Å²) in [6.07, 6.45) is 5.25. The third-order valence-electron chi connectivity index (χ3n) is 3.22. The van der Waals surface area contributed by atoms with Crippen molar-refractivity contribution < 1.29 is 0 Å². The van der Waals surface area contributed by atoms with Crippen molar-refractivity contribution in [3.05, 3.63) is 48.1 Å². The van der Waals surface area contributed by atoms with Gasteiger partial charge in [-0.2, -0.15) is 15.1 Å². The van der Waals surface area contributed by atoms with E-state index in [1.165, 1.54) is 0 Å². The van der Waals surface area contributed by atoms with Crippen molar-refractivity contribution in [1.29, 1.82) is 0 Å². The fraction of sp³-hybridized carbons (Fsp3) is 0. The van der Waals surface area contributed by atoms with E-state index in [0.717, 1.165) is 21.8 Å². The van der Waals surface area contributed by atoms with Gasteiger partial charge in [0.2, 0.25) is 5.28 Å². The van der Waals surface area contributed by atoms with Crippen LogP contribution in [0.25, 0.3) is 21.8 Å². The second kappa shape index (κ2) is 4.68. The maximum absolute atomic E-state index is 5.95. The molecule has 0 fully saturated rings. The van der Waals surface area contributed by atoms with Crippen LogP contribution in [0.15, 0.2) is 42.9 Å². The smallest absolute Gasteiger partial charge is 0.226 e. The van der Waals surface area contributed by atoms with Gasteiger partial charge in [0.1, 0.15) is 5.82 Å². The van der Waals surface area contributed by atoms with Crippen LogP contribution in [-0.4, -0.2) is 25.1 Å². The van der Waals surface area contributed by atoms with Gasteiger partial charge in [-0.25, -0.2) is 0 Å². The monoisotopic (exact) mass is 296 g/mol. The maximum Gasteiger partial charge on any atom is 0.226 e. The lowest BCUT2D eigenvalue weighted by Gasteiger charge is -2.09. The molecule has 3 heterocycles. The molecule has 0 aliphatic rings. The molecule has 0 unspecified atom stereocenters. The fourth-order valence-electron chi connectivity index (χ4n) is 2.26. The van der Waals surface area contributed by atoms with Gasteiger partial charge in [0.25, 0.3) is 0 Å². The molecule has 7 heteroatoms. The van der Waals surface area contributed by atoms with E-state index in [1.807, 2.05) is 30.5 Å². The Labute approximate surface area is 124 Å². The van der Waals surface area contributed by atoms with Crippen LogP contribution in [-0.2, 0) is 0 Å². The first-order valence-corrected chi connectivity index (χ1v) is 6.65. The van der Waals surface area contributed by atoms with E-state index in [1.54, 1.807) is 12.4 Å². The van der Waals surface area contributed by atoms with E-state index in [9.17, 15) is 0 Å². The van der Waals surface area contributed by atoms with E-state index in [0.29, 0.717) is 11.5 Å². The first-order chi connectivity index (χ1) is 10.3. The molecule has 0 saturated carbocycles. The summed E-state index contributed by atoms with van der Waals surface area (Å²) in [6, 6.07) is 7.90. The average molecular weight is 297 g/mol. The highest BCUT2D eigenvalue weighted by Gasteiger charge is 2.10. The predicted octanol–water partition coefficient (Wildman–Crippen LogP) is 3.30. The van der Waals surface area contributed by atoms with E-state index in [2.05, 4.69) is 30.5 Å². The van der Waals surface area contributed by atoms with Gasteiger partial charge in [-0.1, -0.05) is 12.1 Å². The molecule has 0 radical (unpaired) electrons. The Morgan fingerprint density at radius 1 is 1.05 bits per heavy atom. The third-order valence-corrected chi connectivity index (χ3v) is 3.39. The van der Waals surface area contributed by atoms with E-state index in [-0.39, 0.29) is 5.28 Å². The molecule has 4 rings (SSSR count). The zero-order chi connectivity index (χ0) is 14.2. The quantitative estimate of drug-likeness (QED) is 0.555. The Morgan fingerprint density at radius 3 is 2.95 bits per heavy atom. The lowest BCUT2D eigenvalue weighted by atomic mass is 10.1. The van der Waals surface area contributed by atoms with Crippen molar-refractivity contribution in [3.63, 3.8) is 0 Å². The Bertz CT molecular complexity index is 943. The Morgan fingerprint density at radius 2 is 2.00 bits per heavy atom. The van der Waals surface area contributed by atoms with E-state index in [4.69, 9.17) is 11.6 Å². The number of nitrogens with zero attached hydrogens (tertiary/aromatic N) is 4. The number of rotatable bonds is 2. The molecule has 1 aromatic carbocycles. The van der Waals surface area contributed by atoms with Crippen LogP contribution in [0.3, 0.4) is 0 Å². The standard InChI is InChI=1S/C14H9ClN6/c15-14-19-12(10-7-17-21-13(10)20-14)18-11-3-1-2-8-6-16-5-4-9(8)11/h1-7H,(H2,17,18,19,20,21). The number of nitrogens with one attached hydrogen (secondary N) is 2. The Hall–Kier alpha value is -2.73. The van der Waals surface area contributed by atoms with Crippen LogP contribution in [0.1, 0.15) is 0 Å². The largest absolute Gasteiger partial charge is 0.339 e. The summed E-state index contributed by atoms with van der Waals surface area (Å²) in [6.45, 7) is 0. The summed E-state index contributed by atoms with van der Waals surface area (Å²) >= 11 is 5.95. The normalized spacial score (nSPS) is 11.1. The average Bonchev–Trinajstić information content (AvgIpc) is 2.96. The van der Waals surface area contributed by atoms with Crippen LogP contribution in [0.5, 0.6) is 0 Å². The summed E-state index contributed by atoms with van der Waals surface area (Å²) in [5.74, 6) is 0.614. The minimum atomic E-state index is 0.163. The maximum atomic E-state index is 5.95. The minimum Gasteiger partial charge on any atom is -0.339 e. The van der Waals surface area contributed by atoms with Gasteiger partial charge in [-0.15, -0.1) is 0 Å². The van der Waals surface area contributed by atoms with Crippen molar-refractivity contribution in [1.82, 2.24) is 25.1 Å². The summed E-state index contributed by atoms with van der Waals surface area (Å²) in [7, 11) is 0. The molecular weight excluding hydrogens is 288 g/mol. The summed E-state index contributed by atoms with van der Waals surface area (Å²) in [4.78, 5) is 12.5. The number of halogens is 1. The zero-order valence-electron chi connectivity index (χ0n) is 10.7. The lowest BCUT2D eigenvalue weighted by Crippen LogP contribution is -1.97. The molecule has 0 bridgehead atoms. The van der Waals surface area contributed by atoms with Crippen molar-refractivity contribution in [2.75, 3.05) is 5.32 Å². The van der Waals surface area contributed by atoms with Crippen molar-refractivity contribution in [2.24, 2.45) is 0 Å². The molecule has 0 spiro atoms. The molecule has 6 nitrogen and oxygen atoms in total. The molecule has 3 aromatic heterocycles. The number of fused-ring (bicyclic) bond motifs is 2. The topological polar surface area (TPSA) is 79.4 Å². The van der Waals surface area contributed by atoms with Gasteiger partial charge < -0.3 is 5.32 Å². The highest BCUT2D eigenvalue weighted by atomic mass is 35.5. The number of H-pyrrole nitrogens is 1. The Balaban J connectivity index is 1.89. The number of aromatic nitrogens is 5. The number of hydrogen-bond acceptors (Lipinski definition) is 5. The van der Waals surface area contributed by atoms with Crippen LogP contribution < -0.4 is 5.32 Å². The number of benzene rings is 1. The Kier molecular flexibility index (Phi) is 2.68. The summed E-state index contributed by atoms with van der Waals surface area (Å²) < 4.78 is 0. The molecule has 4 aromatic rings. The summed E-state index contributed by atoms with van der Waals surface area (Å²) in [5.41, 5.74) is 1.52. The number of anilines is 2. The van der Waals surface area contributed by atoms with Gasteiger partial charge in [-0.05, 0) is 23.7 Å². The van der Waals surface area contributed by atoms with Gasteiger partial charge >= 0.3 is 0 Å². The van der Waals surface area contributed by atoms with E-state index < -0.39 is 0 Å². The number of aromatic amines is 1. The van der Waals surface area contributed by atoms with Crippen LogP contribution in [0.4, 0.5) is 11.5 Å².